The van der Waals surface area contributed by atoms with E-state index in [2.05, 4.69) is 5.10 Å². The number of nitrogens with zero attached hydrogens (tertiary/aromatic N) is 2. The normalized spacial score (nSPS) is 11.4. The first-order valence-corrected chi connectivity index (χ1v) is 9.57. The van der Waals surface area contributed by atoms with Crippen molar-refractivity contribution in [1.82, 2.24) is 9.78 Å². The SMILES string of the molecule is COc1ccc(-n2nc(C(=O)O)cc2-c2ccc(S(C)(=O)=O)cc2)cc1F. The Morgan fingerprint density at radius 2 is 1.81 bits per heavy atom. The van der Waals surface area contributed by atoms with Gasteiger partial charge in [0.1, 0.15) is 0 Å². The van der Waals surface area contributed by atoms with Gasteiger partial charge in [0.2, 0.25) is 0 Å². The van der Waals surface area contributed by atoms with Crippen LogP contribution in [0.4, 0.5) is 4.39 Å². The maximum Gasteiger partial charge on any atom is 0.356 e. The van der Waals surface area contributed by atoms with Crippen LogP contribution in [-0.4, -0.2) is 42.6 Å². The molecule has 0 fully saturated rings. The molecule has 0 atom stereocenters. The number of carbonyl (C=O) groups is 1. The molecule has 1 aromatic heterocycles. The summed E-state index contributed by atoms with van der Waals surface area (Å²) in [6, 6.07) is 11.4. The lowest BCUT2D eigenvalue weighted by Crippen LogP contribution is -2.03. The van der Waals surface area contributed by atoms with Crippen molar-refractivity contribution in [3.63, 3.8) is 0 Å². The van der Waals surface area contributed by atoms with E-state index < -0.39 is 21.6 Å². The minimum absolute atomic E-state index is 0.0448. The fourth-order valence-electron chi connectivity index (χ4n) is 2.55. The number of aromatic nitrogens is 2. The number of halogens is 1. The van der Waals surface area contributed by atoms with Gasteiger partial charge in [-0.25, -0.2) is 22.3 Å². The van der Waals surface area contributed by atoms with E-state index in [0.717, 1.165) is 6.26 Å². The summed E-state index contributed by atoms with van der Waals surface area (Å²) in [6.07, 6.45) is 1.09. The second-order valence-corrected chi connectivity index (χ2v) is 7.76. The van der Waals surface area contributed by atoms with Crippen molar-refractivity contribution in [2.24, 2.45) is 0 Å². The van der Waals surface area contributed by atoms with Crippen LogP contribution in [0.1, 0.15) is 10.5 Å². The molecular weight excluding hydrogens is 375 g/mol. The molecule has 27 heavy (non-hydrogen) atoms. The molecule has 9 heteroatoms. The number of hydrogen-bond donors (Lipinski definition) is 1. The van der Waals surface area contributed by atoms with Crippen LogP contribution in [0.2, 0.25) is 0 Å². The second kappa shape index (κ2) is 6.84. The molecule has 1 N–H and O–H groups in total. The van der Waals surface area contributed by atoms with Gasteiger partial charge in [-0.05, 0) is 30.3 Å². The monoisotopic (exact) mass is 390 g/mol. The van der Waals surface area contributed by atoms with Crippen molar-refractivity contribution in [3.05, 3.63) is 60.0 Å². The number of sulfone groups is 1. The summed E-state index contributed by atoms with van der Waals surface area (Å²) in [5, 5.41) is 13.3. The highest BCUT2D eigenvalue weighted by molar-refractivity contribution is 7.90. The first-order valence-electron chi connectivity index (χ1n) is 7.68. The first-order chi connectivity index (χ1) is 12.7. The van der Waals surface area contributed by atoms with Gasteiger partial charge in [-0.2, -0.15) is 5.10 Å². The number of aromatic carboxylic acids is 1. The van der Waals surface area contributed by atoms with Gasteiger partial charge in [0, 0.05) is 17.9 Å². The Labute approximate surface area is 154 Å². The molecule has 0 radical (unpaired) electrons. The zero-order valence-electron chi connectivity index (χ0n) is 14.4. The largest absolute Gasteiger partial charge is 0.494 e. The van der Waals surface area contributed by atoms with Crippen LogP contribution in [-0.2, 0) is 9.84 Å². The molecular formula is C18H15FN2O5S. The van der Waals surface area contributed by atoms with Crippen LogP contribution in [0, 0.1) is 5.82 Å². The summed E-state index contributed by atoms with van der Waals surface area (Å²) in [7, 11) is -2.03. The highest BCUT2D eigenvalue weighted by Gasteiger charge is 2.18. The van der Waals surface area contributed by atoms with Gasteiger partial charge in [0.15, 0.2) is 27.1 Å². The molecule has 3 rings (SSSR count). The zero-order valence-corrected chi connectivity index (χ0v) is 15.2. The average Bonchev–Trinajstić information content (AvgIpc) is 3.06. The second-order valence-electron chi connectivity index (χ2n) is 5.75. The van der Waals surface area contributed by atoms with E-state index in [0.29, 0.717) is 16.9 Å². The van der Waals surface area contributed by atoms with Crippen LogP contribution in [0.25, 0.3) is 16.9 Å². The molecule has 0 amide bonds. The molecule has 0 aliphatic rings. The number of hydrogen-bond acceptors (Lipinski definition) is 5. The van der Waals surface area contributed by atoms with Crippen LogP contribution in [0.3, 0.4) is 0 Å². The molecule has 0 spiro atoms. The number of methoxy groups -OCH3 is 1. The predicted octanol–water partition coefficient (Wildman–Crippen LogP) is 2.79. The minimum atomic E-state index is -3.37. The summed E-state index contributed by atoms with van der Waals surface area (Å²) >= 11 is 0. The van der Waals surface area contributed by atoms with E-state index in [1.807, 2.05) is 0 Å². The minimum Gasteiger partial charge on any atom is -0.494 e. The van der Waals surface area contributed by atoms with Gasteiger partial charge in [-0.15, -0.1) is 0 Å². The summed E-state index contributed by atoms with van der Waals surface area (Å²) in [5.41, 5.74) is 0.965. The maximum absolute atomic E-state index is 14.1. The quantitative estimate of drug-likeness (QED) is 0.719. The molecule has 0 aliphatic carbocycles. The van der Waals surface area contributed by atoms with Gasteiger partial charge >= 0.3 is 5.97 Å². The lowest BCUT2D eigenvalue weighted by molar-refractivity contribution is 0.0690. The predicted molar refractivity (Wildman–Crippen MR) is 95.6 cm³/mol. The number of rotatable bonds is 5. The Bertz CT molecular complexity index is 1120. The average molecular weight is 390 g/mol. The molecule has 1 heterocycles. The van der Waals surface area contributed by atoms with E-state index in [9.17, 15) is 22.7 Å². The molecule has 0 saturated heterocycles. The fraction of sp³-hybridized carbons (Fsp3) is 0.111. The molecule has 0 aliphatic heterocycles. The Morgan fingerprint density at radius 3 is 2.33 bits per heavy atom. The van der Waals surface area contributed by atoms with Gasteiger partial charge in [-0.1, -0.05) is 12.1 Å². The Kier molecular flexibility index (Phi) is 4.71. The zero-order chi connectivity index (χ0) is 19.8. The summed E-state index contributed by atoms with van der Waals surface area (Å²) in [6.45, 7) is 0. The molecule has 0 bridgehead atoms. The first kappa shape index (κ1) is 18.6. The lowest BCUT2D eigenvalue weighted by atomic mass is 10.1. The number of carboxylic acids is 1. The Balaban J connectivity index is 2.15. The van der Waals surface area contributed by atoms with Crippen molar-refractivity contribution in [1.29, 1.82) is 0 Å². The molecule has 0 unspecified atom stereocenters. The van der Waals surface area contributed by atoms with Crippen molar-refractivity contribution < 1.29 is 27.4 Å². The van der Waals surface area contributed by atoms with Crippen LogP contribution in [0.15, 0.2) is 53.4 Å². The topological polar surface area (TPSA) is 98.5 Å². The highest BCUT2D eigenvalue weighted by Crippen LogP contribution is 2.27. The van der Waals surface area contributed by atoms with Gasteiger partial charge in [-0.3, -0.25) is 0 Å². The summed E-state index contributed by atoms with van der Waals surface area (Å²) < 4.78 is 43.5. The van der Waals surface area contributed by atoms with Gasteiger partial charge < -0.3 is 9.84 Å². The van der Waals surface area contributed by atoms with Crippen LogP contribution < -0.4 is 4.74 Å². The number of ether oxygens (including phenoxy) is 1. The van der Waals surface area contributed by atoms with Gasteiger partial charge in [0.05, 0.1) is 23.4 Å². The van der Waals surface area contributed by atoms with E-state index in [1.54, 1.807) is 0 Å². The Morgan fingerprint density at radius 1 is 1.15 bits per heavy atom. The smallest absolute Gasteiger partial charge is 0.356 e. The van der Waals surface area contributed by atoms with Crippen molar-refractivity contribution in [2.45, 2.75) is 4.90 Å². The fourth-order valence-corrected chi connectivity index (χ4v) is 3.18. The van der Waals surface area contributed by atoms with E-state index in [-0.39, 0.29) is 16.3 Å². The molecule has 7 nitrogen and oxygen atoms in total. The molecule has 2 aromatic carbocycles. The van der Waals surface area contributed by atoms with Crippen molar-refractivity contribution >= 4 is 15.8 Å². The van der Waals surface area contributed by atoms with Crippen molar-refractivity contribution in [3.8, 4) is 22.7 Å². The lowest BCUT2D eigenvalue weighted by Gasteiger charge is -2.10. The molecule has 140 valence electrons. The summed E-state index contributed by atoms with van der Waals surface area (Å²) in [5.74, 6) is -1.82. The van der Waals surface area contributed by atoms with Crippen LogP contribution in [0.5, 0.6) is 5.75 Å². The third kappa shape index (κ3) is 3.68. The van der Waals surface area contributed by atoms with Crippen molar-refractivity contribution in [2.75, 3.05) is 13.4 Å². The highest BCUT2D eigenvalue weighted by atomic mass is 32.2. The van der Waals surface area contributed by atoms with E-state index in [4.69, 9.17) is 4.74 Å². The number of carboxylic acid groups (broad SMARTS) is 1. The third-order valence-electron chi connectivity index (χ3n) is 3.89. The number of benzene rings is 2. The standard InChI is InChI=1S/C18H15FN2O5S/c1-26-17-8-5-12(9-14(17)19)21-16(10-15(20-21)18(22)23)11-3-6-13(7-4-11)27(2,24)25/h3-10H,1-2H3,(H,22,23). The van der Waals surface area contributed by atoms with Crippen LogP contribution >= 0.6 is 0 Å². The third-order valence-corrected chi connectivity index (χ3v) is 5.02. The van der Waals surface area contributed by atoms with E-state index >= 15 is 0 Å². The maximum atomic E-state index is 14.1. The summed E-state index contributed by atoms with van der Waals surface area (Å²) in [4.78, 5) is 11.5. The molecule has 0 saturated carbocycles. The van der Waals surface area contributed by atoms with E-state index in [1.165, 1.54) is 60.3 Å². The Hall–Kier alpha value is -3.20. The molecule has 3 aromatic rings. The van der Waals surface area contributed by atoms with Gasteiger partial charge in [0.25, 0.3) is 0 Å².